The largest absolute Gasteiger partial charge is 0.330 e. The number of nitrogens with two attached hydrogens (primary N) is 1. The van der Waals surface area contributed by atoms with Gasteiger partial charge >= 0.3 is 5.69 Å². The summed E-state index contributed by atoms with van der Waals surface area (Å²) in [4.78, 5) is 9.46. The number of para-hydroxylation sites is 1. The Morgan fingerprint density at radius 3 is 2.35 bits per heavy atom. The normalized spacial score (nSPS) is 11.2. The number of sulfonamides is 1. The third-order valence-electron chi connectivity index (χ3n) is 3.56. The molecule has 0 bridgehead atoms. The molecule has 2 N–H and O–H groups in total. The summed E-state index contributed by atoms with van der Waals surface area (Å²) >= 11 is 0. The van der Waals surface area contributed by atoms with Gasteiger partial charge in [-0.15, -0.1) is 12.4 Å². The fourth-order valence-corrected chi connectivity index (χ4v) is 3.99. The van der Waals surface area contributed by atoms with Crippen molar-refractivity contribution in [3.8, 4) is 0 Å². The number of nitro groups is 1. The average molecular weight is 404 g/mol. The van der Waals surface area contributed by atoms with Gasteiger partial charge < -0.3 is 5.73 Å². The van der Waals surface area contributed by atoms with E-state index in [1.807, 2.05) is 0 Å². The molecule has 0 radical (unpaired) electrons. The van der Waals surface area contributed by atoms with Crippen LogP contribution in [0.15, 0.2) is 53.4 Å². The molecule has 0 unspecified atom stereocenters. The lowest BCUT2D eigenvalue weighted by atomic mass is 10.2. The number of halogens is 2. The van der Waals surface area contributed by atoms with Gasteiger partial charge in [0.15, 0.2) is 4.90 Å². The maximum Gasteiger partial charge on any atom is 0.324 e. The van der Waals surface area contributed by atoms with Gasteiger partial charge in [-0.25, -0.2) is 8.42 Å². The van der Waals surface area contributed by atoms with E-state index in [0.717, 1.165) is 22.5 Å². The van der Waals surface area contributed by atoms with Crippen LogP contribution in [-0.4, -0.2) is 30.7 Å². The molecule has 0 atom stereocenters. The Balaban J connectivity index is 0.00000338. The standard InChI is InChI=1S/C16H18FN3O4S.ClH/c17-14-8-4-9-15(16(14)20(21)22)25(23,24)19(11-5-10-18)12-13-6-2-1-3-7-13;/h1-4,6-9H,5,10-12,18H2;1H. The smallest absolute Gasteiger partial charge is 0.324 e. The first-order valence-corrected chi connectivity index (χ1v) is 8.99. The lowest BCUT2D eigenvalue weighted by molar-refractivity contribution is -0.390. The van der Waals surface area contributed by atoms with Gasteiger partial charge in [0, 0.05) is 13.1 Å². The lowest BCUT2D eigenvalue weighted by Gasteiger charge is -2.22. The number of rotatable bonds is 8. The Kier molecular flexibility index (Phi) is 8.09. The van der Waals surface area contributed by atoms with Crippen LogP contribution in [0.3, 0.4) is 0 Å². The summed E-state index contributed by atoms with van der Waals surface area (Å²) < 4.78 is 40.8. The van der Waals surface area contributed by atoms with Gasteiger partial charge in [-0.1, -0.05) is 36.4 Å². The summed E-state index contributed by atoms with van der Waals surface area (Å²) in [5.74, 6) is -1.19. The van der Waals surface area contributed by atoms with Gasteiger partial charge in [0.1, 0.15) is 0 Å². The fourth-order valence-electron chi connectivity index (χ4n) is 2.36. The summed E-state index contributed by atoms with van der Waals surface area (Å²) in [6.45, 7) is 0.338. The van der Waals surface area contributed by atoms with Crippen molar-refractivity contribution in [1.29, 1.82) is 0 Å². The predicted octanol–water partition coefficient (Wildman–Crippen LogP) is 2.70. The Morgan fingerprint density at radius 1 is 1.12 bits per heavy atom. The highest BCUT2D eigenvalue weighted by molar-refractivity contribution is 7.89. The highest BCUT2D eigenvalue weighted by Gasteiger charge is 2.33. The molecule has 0 amide bonds. The van der Waals surface area contributed by atoms with E-state index in [4.69, 9.17) is 5.73 Å². The first kappa shape index (κ1) is 22.0. The fraction of sp³-hybridized carbons (Fsp3) is 0.250. The Labute approximate surface area is 157 Å². The number of benzene rings is 2. The van der Waals surface area contributed by atoms with E-state index in [1.54, 1.807) is 30.3 Å². The van der Waals surface area contributed by atoms with Crippen LogP contribution in [0.25, 0.3) is 0 Å². The zero-order chi connectivity index (χ0) is 18.4. The van der Waals surface area contributed by atoms with Crippen molar-refractivity contribution in [1.82, 2.24) is 4.31 Å². The Hall–Kier alpha value is -2.07. The van der Waals surface area contributed by atoms with Crippen LogP contribution in [0.5, 0.6) is 0 Å². The van der Waals surface area contributed by atoms with Gasteiger partial charge in [-0.05, 0) is 30.7 Å². The Bertz CT molecular complexity index is 850. The van der Waals surface area contributed by atoms with Crippen molar-refractivity contribution < 1.29 is 17.7 Å². The van der Waals surface area contributed by atoms with Crippen LogP contribution >= 0.6 is 12.4 Å². The van der Waals surface area contributed by atoms with E-state index in [0.29, 0.717) is 12.0 Å². The molecule has 0 fully saturated rings. The Morgan fingerprint density at radius 2 is 1.77 bits per heavy atom. The summed E-state index contributed by atoms with van der Waals surface area (Å²) in [5.41, 5.74) is 5.13. The van der Waals surface area contributed by atoms with E-state index < -0.39 is 31.3 Å². The maximum absolute atomic E-state index is 13.8. The number of hydrogen-bond acceptors (Lipinski definition) is 5. The second-order valence-corrected chi connectivity index (χ2v) is 7.22. The van der Waals surface area contributed by atoms with E-state index in [-0.39, 0.29) is 32.0 Å². The molecule has 0 aliphatic carbocycles. The molecule has 142 valence electrons. The zero-order valence-electron chi connectivity index (χ0n) is 13.7. The van der Waals surface area contributed by atoms with Crippen LogP contribution in [0, 0.1) is 15.9 Å². The molecule has 0 aliphatic rings. The maximum atomic E-state index is 13.8. The third kappa shape index (κ3) is 4.98. The molecule has 0 aliphatic heterocycles. The monoisotopic (exact) mass is 403 g/mol. The van der Waals surface area contributed by atoms with Gasteiger partial charge in [0.05, 0.1) is 4.92 Å². The van der Waals surface area contributed by atoms with Gasteiger partial charge in [-0.3, -0.25) is 10.1 Å². The van der Waals surface area contributed by atoms with E-state index in [2.05, 4.69) is 0 Å². The average Bonchev–Trinajstić information content (AvgIpc) is 2.58. The predicted molar refractivity (Wildman–Crippen MR) is 98.0 cm³/mol. The van der Waals surface area contributed by atoms with Crippen molar-refractivity contribution in [3.63, 3.8) is 0 Å². The summed E-state index contributed by atoms with van der Waals surface area (Å²) in [6.07, 6.45) is 0.370. The number of nitro benzene ring substituents is 1. The van der Waals surface area contributed by atoms with E-state index in [9.17, 15) is 22.9 Å². The minimum atomic E-state index is -4.27. The van der Waals surface area contributed by atoms with Crippen LogP contribution in [0.1, 0.15) is 12.0 Å². The van der Waals surface area contributed by atoms with E-state index in [1.165, 1.54) is 0 Å². The highest BCUT2D eigenvalue weighted by atomic mass is 35.5. The highest BCUT2D eigenvalue weighted by Crippen LogP contribution is 2.30. The van der Waals surface area contributed by atoms with Crippen molar-refractivity contribution in [2.24, 2.45) is 5.73 Å². The summed E-state index contributed by atoms with van der Waals surface area (Å²) in [7, 11) is -4.27. The summed E-state index contributed by atoms with van der Waals surface area (Å²) in [5, 5.41) is 11.1. The van der Waals surface area contributed by atoms with Gasteiger partial charge in [-0.2, -0.15) is 8.70 Å². The molecule has 0 spiro atoms. The quantitative estimate of drug-likeness (QED) is 0.538. The SMILES string of the molecule is Cl.NCCCN(Cc1ccccc1)S(=O)(=O)c1cccc(F)c1[N+](=O)[O-]. The first-order chi connectivity index (χ1) is 11.9. The zero-order valence-corrected chi connectivity index (χ0v) is 15.4. The van der Waals surface area contributed by atoms with Crippen LogP contribution < -0.4 is 5.73 Å². The van der Waals surface area contributed by atoms with Crippen molar-refractivity contribution in [3.05, 3.63) is 70.0 Å². The second-order valence-electron chi connectivity index (χ2n) is 5.31. The van der Waals surface area contributed by atoms with Crippen LogP contribution in [0.2, 0.25) is 0 Å². The molecule has 0 saturated heterocycles. The molecule has 0 saturated carbocycles. The molecule has 7 nitrogen and oxygen atoms in total. The number of nitrogens with zero attached hydrogens (tertiary/aromatic N) is 2. The first-order valence-electron chi connectivity index (χ1n) is 7.55. The van der Waals surface area contributed by atoms with Gasteiger partial charge in [0.2, 0.25) is 15.8 Å². The van der Waals surface area contributed by atoms with Gasteiger partial charge in [0.25, 0.3) is 0 Å². The van der Waals surface area contributed by atoms with Crippen molar-refractivity contribution in [2.45, 2.75) is 17.9 Å². The minimum absolute atomic E-state index is 0. The van der Waals surface area contributed by atoms with Crippen LogP contribution in [-0.2, 0) is 16.6 Å². The molecule has 10 heteroatoms. The lowest BCUT2D eigenvalue weighted by Crippen LogP contribution is -2.33. The molecular formula is C16H19ClFN3O4S. The molecule has 0 aromatic heterocycles. The molecule has 2 rings (SSSR count). The third-order valence-corrected chi connectivity index (χ3v) is 5.44. The molecular weight excluding hydrogens is 385 g/mol. The number of hydrogen-bond donors (Lipinski definition) is 1. The van der Waals surface area contributed by atoms with Crippen molar-refractivity contribution >= 4 is 28.1 Å². The molecule has 2 aromatic carbocycles. The summed E-state index contributed by atoms with van der Waals surface area (Å²) in [6, 6.07) is 11.8. The topological polar surface area (TPSA) is 107 Å². The minimum Gasteiger partial charge on any atom is -0.330 e. The molecule has 2 aromatic rings. The van der Waals surface area contributed by atoms with E-state index >= 15 is 0 Å². The molecule has 26 heavy (non-hydrogen) atoms. The van der Waals surface area contributed by atoms with Crippen LogP contribution in [0.4, 0.5) is 10.1 Å². The second kappa shape index (κ2) is 9.58. The molecule has 0 heterocycles. The van der Waals surface area contributed by atoms with Crippen molar-refractivity contribution in [2.75, 3.05) is 13.1 Å².